The van der Waals surface area contributed by atoms with Crippen molar-refractivity contribution in [2.24, 2.45) is 0 Å². The maximum absolute atomic E-state index is 4.48. The highest BCUT2D eigenvalue weighted by Crippen LogP contribution is 2.18. The van der Waals surface area contributed by atoms with Crippen LogP contribution in [-0.2, 0) is 0 Å². The molecule has 0 saturated carbocycles. The molecule has 77 valence electrons. The average molecular weight is 199 g/mol. The van der Waals surface area contributed by atoms with Gasteiger partial charge in [-0.2, -0.15) is 5.10 Å². The van der Waals surface area contributed by atoms with Gasteiger partial charge in [0, 0.05) is 5.69 Å². The predicted molar refractivity (Wildman–Crippen MR) is 60.8 cm³/mol. The van der Waals surface area contributed by atoms with E-state index in [2.05, 4.69) is 37.1 Å². The van der Waals surface area contributed by atoms with Crippen LogP contribution in [0.5, 0.6) is 0 Å². The molecule has 1 atom stereocenters. The number of hydrogen-bond donors (Lipinski definition) is 0. The first-order valence-corrected chi connectivity index (χ1v) is 5.18. The fourth-order valence-electron chi connectivity index (χ4n) is 1.84. The summed E-state index contributed by atoms with van der Waals surface area (Å²) in [7, 11) is 0. The van der Waals surface area contributed by atoms with Crippen molar-refractivity contribution in [3.63, 3.8) is 0 Å². The van der Waals surface area contributed by atoms with Crippen LogP contribution in [0.15, 0.2) is 30.3 Å². The lowest BCUT2D eigenvalue weighted by molar-refractivity contribution is 0.546. The molecule has 0 N–H and O–H groups in total. The Hall–Kier alpha value is -1.57. The summed E-state index contributed by atoms with van der Waals surface area (Å²) >= 11 is 0. The van der Waals surface area contributed by atoms with Crippen LogP contribution in [0.3, 0.4) is 0 Å². The summed E-state index contributed by atoms with van der Waals surface area (Å²) in [6.07, 6.45) is 0. The third-order valence-corrected chi connectivity index (χ3v) is 2.59. The summed E-state index contributed by atoms with van der Waals surface area (Å²) in [5.74, 6) is 0. The zero-order valence-corrected chi connectivity index (χ0v) is 9.36. The van der Waals surface area contributed by atoms with E-state index < -0.39 is 0 Å². The fourth-order valence-corrected chi connectivity index (χ4v) is 1.84. The molecule has 0 aliphatic rings. The molecule has 2 rings (SSSR count). The normalized spacial score (nSPS) is 12.7. The van der Waals surface area contributed by atoms with E-state index in [0.29, 0.717) is 0 Å². The first-order chi connectivity index (χ1) is 7.18. The van der Waals surface area contributed by atoms with E-state index in [1.807, 2.05) is 29.8 Å². The zero-order chi connectivity index (χ0) is 10.8. The molecule has 1 aromatic carbocycles. The smallest absolute Gasteiger partial charge is 0.0749 e. The third kappa shape index (κ3) is 1.94. The van der Waals surface area contributed by atoms with Crippen LogP contribution < -0.4 is 0 Å². The second kappa shape index (κ2) is 3.89. The Bertz CT molecular complexity index is 443. The maximum Gasteiger partial charge on any atom is 0.0749 e. The highest BCUT2D eigenvalue weighted by Gasteiger charge is 2.10. The SMILES string of the molecule is Cc1cc(C)n(C(C)c2[c]cccc2)n1. The van der Waals surface area contributed by atoms with E-state index in [-0.39, 0.29) is 6.04 Å². The topological polar surface area (TPSA) is 17.8 Å². The van der Waals surface area contributed by atoms with Gasteiger partial charge in [-0.3, -0.25) is 4.68 Å². The van der Waals surface area contributed by atoms with Gasteiger partial charge in [-0.1, -0.05) is 24.3 Å². The van der Waals surface area contributed by atoms with E-state index in [0.717, 1.165) is 5.69 Å². The van der Waals surface area contributed by atoms with Crippen molar-refractivity contribution in [3.8, 4) is 0 Å². The van der Waals surface area contributed by atoms with Crippen LogP contribution >= 0.6 is 0 Å². The van der Waals surface area contributed by atoms with Gasteiger partial charge < -0.3 is 0 Å². The highest BCUT2D eigenvalue weighted by molar-refractivity contribution is 5.19. The number of rotatable bonds is 2. The molecule has 1 radical (unpaired) electrons. The van der Waals surface area contributed by atoms with Crippen molar-refractivity contribution in [1.29, 1.82) is 0 Å². The largest absolute Gasteiger partial charge is 0.262 e. The molecule has 2 nitrogen and oxygen atoms in total. The molecular weight excluding hydrogens is 184 g/mol. The number of aromatic nitrogens is 2. The number of benzene rings is 1. The molecule has 0 bridgehead atoms. The van der Waals surface area contributed by atoms with Crippen LogP contribution in [0.1, 0.15) is 29.9 Å². The molecule has 15 heavy (non-hydrogen) atoms. The van der Waals surface area contributed by atoms with Gasteiger partial charge in [0.15, 0.2) is 0 Å². The van der Waals surface area contributed by atoms with Gasteiger partial charge in [-0.05, 0) is 38.5 Å². The molecule has 0 spiro atoms. The fraction of sp³-hybridized carbons (Fsp3) is 0.308. The van der Waals surface area contributed by atoms with E-state index >= 15 is 0 Å². The lowest BCUT2D eigenvalue weighted by Crippen LogP contribution is -2.10. The third-order valence-electron chi connectivity index (χ3n) is 2.59. The highest BCUT2D eigenvalue weighted by atomic mass is 15.3. The summed E-state index contributed by atoms with van der Waals surface area (Å²) in [6.45, 7) is 6.25. The van der Waals surface area contributed by atoms with E-state index in [4.69, 9.17) is 0 Å². The van der Waals surface area contributed by atoms with Crippen molar-refractivity contribution in [2.75, 3.05) is 0 Å². The molecule has 1 aromatic heterocycles. The molecular formula is C13H15N2. The van der Waals surface area contributed by atoms with Crippen molar-refractivity contribution in [1.82, 2.24) is 9.78 Å². The Morgan fingerprint density at radius 1 is 1.33 bits per heavy atom. The van der Waals surface area contributed by atoms with E-state index in [9.17, 15) is 0 Å². The molecule has 0 fully saturated rings. The van der Waals surface area contributed by atoms with Crippen LogP contribution in [0, 0.1) is 19.9 Å². The molecule has 2 aromatic rings. The summed E-state index contributed by atoms with van der Waals surface area (Å²) in [6, 6.07) is 13.6. The molecule has 0 aliphatic heterocycles. The molecule has 0 saturated heterocycles. The van der Waals surface area contributed by atoms with Gasteiger partial charge in [-0.25, -0.2) is 0 Å². The van der Waals surface area contributed by atoms with Crippen LogP contribution in [0.2, 0.25) is 0 Å². The van der Waals surface area contributed by atoms with Gasteiger partial charge in [0.25, 0.3) is 0 Å². The minimum absolute atomic E-state index is 0.250. The van der Waals surface area contributed by atoms with Gasteiger partial charge >= 0.3 is 0 Å². The van der Waals surface area contributed by atoms with Crippen molar-refractivity contribution < 1.29 is 0 Å². The predicted octanol–water partition coefficient (Wildman–Crippen LogP) is 2.91. The number of hydrogen-bond acceptors (Lipinski definition) is 1. The quantitative estimate of drug-likeness (QED) is 0.727. The van der Waals surface area contributed by atoms with Crippen LogP contribution in [0.4, 0.5) is 0 Å². The van der Waals surface area contributed by atoms with Crippen LogP contribution in [0.25, 0.3) is 0 Å². The van der Waals surface area contributed by atoms with E-state index in [1.165, 1.54) is 11.3 Å². The first-order valence-electron chi connectivity index (χ1n) is 5.18. The minimum Gasteiger partial charge on any atom is -0.262 e. The van der Waals surface area contributed by atoms with Crippen molar-refractivity contribution >= 4 is 0 Å². The zero-order valence-electron chi connectivity index (χ0n) is 9.36. The lowest BCUT2D eigenvalue weighted by Gasteiger charge is -2.14. The first kappa shape index (κ1) is 9.97. The summed E-state index contributed by atoms with van der Waals surface area (Å²) in [5, 5.41) is 4.48. The molecule has 1 unspecified atom stereocenters. The molecule has 0 amide bonds. The Morgan fingerprint density at radius 3 is 2.67 bits per heavy atom. The molecule has 0 aliphatic carbocycles. The number of aryl methyl sites for hydroxylation is 2. The molecule has 2 heteroatoms. The van der Waals surface area contributed by atoms with Crippen molar-refractivity contribution in [2.45, 2.75) is 26.8 Å². The Balaban J connectivity index is 2.36. The lowest BCUT2D eigenvalue weighted by atomic mass is 10.1. The summed E-state index contributed by atoms with van der Waals surface area (Å²) < 4.78 is 2.04. The standard InChI is InChI=1S/C13H15N2/c1-10-9-11(2)15(14-10)12(3)13-7-5-4-6-8-13/h4-7,9,12H,1-3H3. The minimum atomic E-state index is 0.250. The van der Waals surface area contributed by atoms with Crippen molar-refractivity contribution in [3.05, 3.63) is 53.3 Å². The molecule has 1 heterocycles. The van der Waals surface area contributed by atoms with Gasteiger partial charge in [-0.15, -0.1) is 0 Å². The summed E-state index contributed by atoms with van der Waals surface area (Å²) in [5.41, 5.74) is 3.43. The van der Waals surface area contributed by atoms with Gasteiger partial charge in [0.05, 0.1) is 11.7 Å². The van der Waals surface area contributed by atoms with Gasteiger partial charge in [0.2, 0.25) is 0 Å². The maximum atomic E-state index is 4.48. The Labute approximate surface area is 90.6 Å². The second-order valence-corrected chi connectivity index (χ2v) is 3.87. The Kier molecular flexibility index (Phi) is 2.58. The average Bonchev–Trinajstić information content (AvgIpc) is 2.58. The van der Waals surface area contributed by atoms with E-state index in [1.54, 1.807) is 0 Å². The second-order valence-electron chi connectivity index (χ2n) is 3.87. The number of nitrogens with zero attached hydrogens (tertiary/aromatic N) is 2. The monoisotopic (exact) mass is 199 g/mol. The van der Waals surface area contributed by atoms with Crippen LogP contribution in [-0.4, -0.2) is 9.78 Å². The Morgan fingerprint density at radius 2 is 2.13 bits per heavy atom. The summed E-state index contributed by atoms with van der Waals surface area (Å²) in [4.78, 5) is 0. The van der Waals surface area contributed by atoms with Gasteiger partial charge in [0.1, 0.15) is 0 Å².